The van der Waals surface area contributed by atoms with Gasteiger partial charge in [0, 0.05) is 30.8 Å². The molecule has 0 unspecified atom stereocenters. The minimum Gasteiger partial charge on any atom is -0.355 e. The Kier molecular flexibility index (Phi) is 6.88. The average molecular weight is 291 g/mol. The first kappa shape index (κ1) is 17.2. The van der Waals surface area contributed by atoms with Crippen LogP contribution in [-0.2, 0) is 4.79 Å². The first-order valence-electron chi connectivity index (χ1n) is 7.30. The molecule has 0 aliphatic carbocycles. The van der Waals surface area contributed by atoms with E-state index in [1.54, 1.807) is 25.2 Å². The number of carbonyl (C=O) groups excluding carboxylic acids is 2. The van der Waals surface area contributed by atoms with Gasteiger partial charge in [0.05, 0.1) is 0 Å². The SMILES string of the molecule is CNC(=O)c1ccc(NC(=O)CCCNC(C)C)c(C)c1. The highest BCUT2D eigenvalue weighted by molar-refractivity contribution is 5.96. The van der Waals surface area contributed by atoms with Crippen molar-refractivity contribution in [3.63, 3.8) is 0 Å². The van der Waals surface area contributed by atoms with Crippen LogP contribution in [0.25, 0.3) is 0 Å². The summed E-state index contributed by atoms with van der Waals surface area (Å²) in [6, 6.07) is 5.69. The van der Waals surface area contributed by atoms with Crippen molar-refractivity contribution in [1.29, 1.82) is 0 Å². The van der Waals surface area contributed by atoms with E-state index in [1.165, 1.54) is 0 Å². The quantitative estimate of drug-likeness (QED) is 0.674. The molecule has 0 saturated heterocycles. The maximum Gasteiger partial charge on any atom is 0.251 e. The maximum absolute atomic E-state index is 11.9. The topological polar surface area (TPSA) is 70.2 Å². The minimum absolute atomic E-state index is 0.00338. The van der Waals surface area contributed by atoms with Crippen molar-refractivity contribution in [2.45, 2.75) is 39.7 Å². The predicted molar refractivity (Wildman–Crippen MR) is 85.6 cm³/mol. The van der Waals surface area contributed by atoms with Crippen LogP contribution >= 0.6 is 0 Å². The third-order valence-electron chi connectivity index (χ3n) is 3.12. The van der Waals surface area contributed by atoms with Crippen molar-refractivity contribution in [2.24, 2.45) is 0 Å². The first-order valence-corrected chi connectivity index (χ1v) is 7.30. The summed E-state index contributed by atoms with van der Waals surface area (Å²) in [5.74, 6) is -0.132. The highest BCUT2D eigenvalue weighted by Gasteiger charge is 2.08. The zero-order valence-corrected chi connectivity index (χ0v) is 13.2. The van der Waals surface area contributed by atoms with Crippen molar-refractivity contribution >= 4 is 17.5 Å². The molecule has 116 valence electrons. The number of aryl methyl sites for hydroxylation is 1. The van der Waals surface area contributed by atoms with E-state index < -0.39 is 0 Å². The molecule has 1 aromatic rings. The molecule has 0 aromatic heterocycles. The lowest BCUT2D eigenvalue weighted by Crippen LogP contribution is -2.24. The van der Waals surface area contributed by atoms with Gasteiger partial charge in [0.25, 0.3) is 5.91 Å². The molecule has 0 heterocycles. The van der Waals surface area contributed by atoms with Gasteiger partial charge in [-0.1, -0.05) is 13.8 Å². The number of benzene rings is 1. The van der Waals surface area contributed by atoms with Crippen molar-refractivity contribution in [3.8, 4) is 0 Å². The van der Waals surface area contributed by atoms with Gasteiger partial charge in [-0.3, -0.25) is 9.59 Å². The second kappa shape index (κ2) is 8.42. The second-order valence-corrected chi connectivity index (χ2v) is 5.37. The molecular weight excluding hydrogens is 266 g/mol. The second-order valence-electron chi connectivity index (χ2n) is 5.37. The normalized spacial score (nSPS) is 10.5. The number of nitrogens with one attached hydrogen (secondary N) is 3. The van der Waals surface area contributed by atoms with Crippen LogP contribution in [0.2, 0.25) is 0 Å². The van der Waals surface area contributed by atoms with Gasteiger partial charge >= 0.3 is 0 Å². The molecule has 5 nitrogen and oxygen atoms in total. The van der Waals surface area contributed by atoms with Crippen molar-refractivity contribution < 1.29 is 9.59 Å². The van der Waals surface area contributed by atoms with E-state index in [9.17, 15) is 9.59 Å². The van der Waals surface area contributed by atoms with Gasteiger partial charge in [-0.25, -0.2) is 0 Å². The summed E-state index contributed by atoms with van der Waals surface area (Å²) in [5.41, 5.74) is 2.23. The summed E-state index contributed by atoms with van der Waals surface area (Å²) >= 11 is 0. The van der Waals surface area contributed by atoms with Gasteiger partial charge in [-0.15, -0.1) is 0 Å². The monoisotopic (exact) mass is 291 g/mol. The predicted octanol–water partition coefficient (Wildman–Crippen LogP) is 2.07. The number of carbonyl (C=O) groups is 2. The Balaban J connectivity index is 2.51. The molecule has 0 atom stereocenters. The van der Waals surface area contributed by atoms with E-state index in [-0.39, 0.29) is 11.8 Å². The maximum atomic E-state index is 11.9. The zero-order valence-electron chi connectivity index (χ0n) is 13.2. The highest BCUT2D eigenvalue weighted by Crippen LogP contribution is 2.17. The molecule has 0 radical (unpaired) electrons. The van der Waals surface area contributed by atoms with Gasteiger partial charge in [-0.2, -0.15) is 0 Å². The Morgan fingerprint density at radius 2 is 1.95 bits per heavy atom. The van der Waals surface area contributed by atoms with Gasteiger partial charge in [0.1, 0.15) is 0 Å². The van der Waals surface area contributed by atoms with Gasteiger partial charge < -0.3 is 16.0 Å². The Labute approximate surface area is 126 Å². The fourth-order valence-electron chi connectivity index (χ4n) is 1.94. The fraction of sp³-hybridized carbons (Fsp3) is 0.500. The van der Waals surface area contributed by atoms with Gasteiger partial charge in [-0.05, 0) is 43.7 Å². The van der Waals surface area contributed by atoms with Crippen LogP contribution in [0.5, 0.6) is 0 Å². The number of anilines is 1. The van der Waals surface area contributed by atoms with Gasteiger partial charge in [0.15, 0.2) is 0 Å². The highest BCUT2D eigenvalue weighted by atomic mass is 16.2. The van der Waals surface area contributed by atoms with Crippen molar-refractivity contribution in [2.75, 3.05) is 18.9 Å². The van der Waals surface area contributed by atoms with E-state index in [0.29, 0.717) is 18.0 Å². The smallest absolute Gasteiger partial charge is 0.251 e. The molecule has 0 spiro atoms. The van der Waals surface area contributed by atoms with E-state index in [1.807, 2.05) is 6.92 Å². The zero-order chi connectivity index (χ0) is 15.8. The lowest BCUT2D eigenvalue weighted by molar-refractivity contribution is -0.116. The summed E-state index contributed by atoms with van der Waals surface area (Å²) in [4.78, 5) is 23.4. The number of rotatable bonds is 7. The standard InChI is InChI=1S/C16H25N3O2/c1-11(2)18-9-5-6-15(20)19-14-8-7-13(10-12(14)3)16(21)17-4/h7-8,10-11,18H,5-6,9H2,1-4H3,(H,17,21)(H,19,20). The van der Waals surface area contributed by atoms with Crippen molar-refractivity contribution in [1.82, 2.24) is 10.6 Å². The molecule has 0 aliphatic rings. The summed E-state index contributed by atoms with van der Waals surface area (Å²) < 4.78 is 0. The number of amides is 2. The average Bonchev–Trinajstić information content (AvgIpc) is 2.44. The Morgan fingerprint density at radius 1 is 1.24 bits per heavy atom. The summed E-state index contributed by atoms with van der Waals surface area (Å²) in [6.45, 7) is 6.87. The number of hydrogen-bond acceptors (Lipinski definition) is 3. The third kappa shape index (κ3) is 5.95. The van der Waals surface area contributed by atoms with E-state index in [2.05, 4.69) is 29.8 Å². The lowest BCUT2D eigenvalue weighted by Gasteiger charge is -2.11. The van der Waals surface area contributed by atoms with Crippen LogP contribution in [0, 0.1) is 6.92 Å². The Hall–Kier alpha value is -1.88. The van der Waals surface area contributed by atoms with Gasteiger partial charge in [0.2, 0.25) is 5.91 Å². The van der Waals surface area contributed by atoms with E-state index >= 15 is 0 Å². The Bertz CT molecular complexity index is 498. The molecule has 2 amide bonds. The largest absolute Gasteiger partial charge is 0.355 e. The minimum atomic E-state index is -0.129. The molecule has 1 rings (SSSR count). The fourth-order valence-corrected chi connectivity index (χ4v) is 1.94. The molecule has 0 saturated carbocycles. The third-order valence-corrected chi connectivity index (χ3v) is 3.12. The molecule has 3 N–H and O–H groups in total. The number of hydrogen-bond donors (Lipinski definition) is 3. The molecule has 0 aliphatic heterocycles. The van der Waals surface area contributed by atoms with Crippen LogP contribution in [0.3, 0.4) is 0 Å². The Morgan fingerprint density at radius 3 is 2.52 bits per heavy atom. The van der Waals surface area contributed by atoms with Crippen LogP contribution in [0.4, 0.5) is 5.69 Å². The molecular formula is C16H25N3O2. The molecule has 1 aromatic carbocycles. The van der Waals surface area contributed by atoms with Crippen LogP contribution < -0.4 is 16.0 Å². The molecule has 0 bridgehead atoms. The summed E-state index contributed by atoms with van der Waals surface area (Å²) in [7, 11) is 1.60. The molecule has 21 heavy (non-hydrogen) atoms. The summed E-state index contributed by atoms with van der Waals surface area (Å²) in [5, 5.41) is 8.74. The van der Waals surface area contributed by atoms with E-state index in [4.69, 9.17) is 0 Å². The van der Waals surface area contributed by atoms with E-state index in [0.717, 1.165) is 24.2 Å². The van der Waals surface area contributed by atoms with Crippen LogP contribution in [0.15, 0.2) is 18.2 Å². The first-order chi connectivity index (χ1) is 9.93. The molecule has 0 fully saturated rings. The summed E-state index contributed by atoms with van der Waals surface area (Å²) in [6.07, 6.45) is 1.29. The molecule has 5 heteroatoms. The van der Waals surface area contributed by atoms with Crippen LogP contribution in [0.1, 0.15) is 42.6 Å². The lowest BCUT2D eigenvalue weighted by atomic mass is 10.1. The van der Waals surface area contributed by atoms with Crippen LogP contribution in [-0.4, -0.2) is 31.4 Å². The van der Waals surface area contributed by atoms with Crippen molar-refractivity contribution in [3.05, 3.63) is 29.3 Å².